The van der Waals surface area contributed by atoms with Crippen LogP contribution < -0.4 is 15.5 Å². The molecule has 0 fully saturated rings. The third-order valence-corrected chi connectivity index (χ3v) is 8.34. The Kier molecular flexibility index (Phi) is 9.83. The molecule has 1 aromatic heterocycles. The first-order chi connectivity index (χ1) is 21.8. The molecule has 2 N–H and O–H groups in total. The molecule has 5 rings (SSSR count). The summed E-state index contributed by atoms with van der Waals surface area (Å²) in [6.45, 7) is 1.98. The molecule has 45 heavy (non-hydrogen) atoms. The lowest BCUT2D eigenvalue weighted by molar-refractivity contribution is -0.136. The Labute approximate surface area is 261 Å². The number of ether oxygens (including phenoxy) is 1. The maximum Gasteiger partial charge on any atom is 0.329 e. The Bertz CT molecular complexity index is 1870. The summed E-state index contributed by atoms with van der Waals surface area (Å²) < 4.78 is 39.9. The number of anilines is 1. The van der Waals surface area contributed by atoms with E-state index in [1.165, 1.54) is 10.5 Å². The molecule has 0 atom stereocenters. The van der Waals surface area contributed by atoms with Crippen LogP contribution in [0.5, 0.6) is 11.5 Å². The number of aryl methyl sites for hydroxylation is 1. The summed E-state index contributed by atoms with van der Waals surface area (Å²) in [5.74, 6) is -0.0318. The van der Waals surface area contributed by atoms with Gasteiger partial charge >= 0.3 is 11.8 Å². The molecule has 0 radical (unpaired) electrons. The highest BCUT2D eigenvalue weighted by Crippen LogP contribution is 2.24. The van der Waals surface area contributed by atoms with Crippen molar-refractivity contribution in [3.05, 3.63) is 144 Å². The zero-order valence-corrected chi connectivity index (χ0v) is 25.1. The van der Waals surface area contributed by atoms with Crippen molar-refractivity contribution in [2.75, 3.05) is 5.32 Å². The van der Waals surface area contributed by atoms with Crippen LogP contribution in [0.15, 0.2) is 136 Å². The maximum atomic E-state index is 13.6. The summed E-state index contributed by atoms with van der Waals surface area (Å²) in [4.78, 5) is 24.8. The van der Waals surface area contributed by atoms with E-state index < -0.39 is 21.8 Å². The van der Waals surface area contributed by atoms with Crippen LogP contribution in [-0.4, -0.2) is 30.8 Å². The van der Waals surface area contributed by atoms with Crippen molar-refractivity contribution in [1.82, 2.24) is 9.73 Å². The van der Waals surface area contributed by atoms with Gasteiger partial charge in [-0.3, -0.25) is 9.59 Å². The summed E-state index contributed by atoms with van der Waals surface area (Å²) >= 11 is 0. The lowest BCUT2D eigenvalue weighted by Crippen LogP contribution is -2.32. The van der Waals surface area contributed by atoms with Crippen molar-refractivity contribution in [2.45, 2.75) is 24.9 Å². The summed E-state index contributed by atoms with van der Waals surface area (Å²) in [5, 5.41) is 6.29. The number of hydrogen-bond donors (Lipinski definition) is 2. The second-order valence-corrected chi connectivity index (χ2v) is 11.9. The van der Waals surface area contributed by atoms with Gasteiger partial charge in [0.1, 0.15) is 23.0 Å². The molecule has 0 saturated carbocycles. The number of sulfonamides is 1. The van der Waals surface area contributed by atoms with Gasteiger partial charge in [0, 0.05) is 12.2 Å². The summed E-state index contributed by atoms with van der Waals surface area (Å²) in [6.07, 6.45) is 1.22. The van der Waals surface area contributed by atoms with E-state index in [0.717, 1.165) is 11.1 Å². The first kappa shape index (κ1) is 30.9. The molecule has 228 valence electrons. The van der Waals surface area contributed by atoms with Crippen LogP contribution >= 0.6 is 0 Å². The third kappa shape index (κ3) is 8.53. The van der Waals surface area contributed by atoms with Crippen LogP contribution in [0.4, 0.5) is 5.69 Å². The topological polar surface area (TPSA) is 130 Å². The number of hydrazone groups is 1. The SMILES string of the molecule is Cc1ccc(S(=O)(=O)N(Cc2ccccc2)Cc2ccc(/C=N/NC(=O)C(=O)Nc3ccc(Oc4ccccc4)cc3)o2)cc1. The van der Waals surface area contributed by atoms with Crippen molar-refractivity contribution in [3.8, 4) is 11.5 Å². The number of amides is 2. The Morgan fingerprint density at radius 3 is 2.11 bits per heavy atom. The average Bonchev–Trinajstić information content (AvgIpc) is 3.50. The Hall–Kier alpha value is -5.52. The Morgan fingerprint density at radius 1 is 0.778 bits per heavy atom. The number of hydrogen-bond acceptors (Lipinski definition) is 7. The summed E-state index contributed by atoms with van der Waals surface area (Å²) in [5.41, 5.74) is 4.32. The van der Waals surface area contributed by atoms with Gasteiger partial charge in [0.15, 0.2) is 0 Å². The molecule has 0 aliphatic carbocycles. The lowest BCUT2D eigenvalue weighted by Gasteiger charge is -2.21. The Balaban J connectivity index is 1.18. The molecule has 4 aromatic carbocycles. The van der Waals surface area contributed by atoms with E-state index in [1.807, 2.05) is 67.6 Å². The Morgan fingerprint density at radius 2 is 1.42 bits per heavy atom. The second-order valence-electron chi connectivity index (χ2n) is 9.97. The fourth-order valence-corrected chi connectivity index (χ4v) is 5.61. The van der Waals surface area contributed by atoms with Gasteiger partial charge in [-0.05, 0) is 73.2 Å². The molecule has 0 aliphatic rings. The number of carbonyl (C=O) groups is 2. The molecule has 5 aromatic rings. The highest BCUT2D eigenvalue weighted by atomic mass is 32.2. The van der Waals surface area contributed by atoms with Gasteiger partial charge in [-0.25, -0.2) is 13.8 Å². The summed E-state index contributed by atoms with van der Waals surface area (Å²) in [7, 11) is -3.85. The van der Waals surface area contributed by atoms with Gasteiger partial charge in [0.2, 0.25) is 10.0 Å². The van der Waals surface area contributed by atoms with Crippen molar-refractivity contribution >= 4 is 33.7 Å². The molecular formula is C34H30N4O6S. The number of furan rings is 1. The van der Waals surface area contributed by atoms with Gasteiger partial charge in [-0.2, -0.15) is 9.41 Å². The smallest absolute Gasteiger partial charge is 0.329 e. The zero-order valence-electron chi connectivity index (χ0n) is 24.3. The molecule has 0 saturated heterocycles. The van der Waals surface area contributed by atoms with E-state index in [2.05, 4.69) is 15.8 Å². The van der Waals surface area contributed by atoms with Gasteiger partial charge < -0.3 is 14.5 Å². The van der Waals surface area contributed by atoms with E-state index in [9.17, 15) is 18.0 Å². The van der Waals surface area contributed by atoms with Crippen LogP contribution in [0.1, 0.15) is 22.6 Å². The van der Waals surface area contributed by atoms with Gasteiger partial charge in [0.05, 0.1) is 17.7 Å². The molecular weight excluding hydrogens is 592 g/mol. The van der Waals surface area contributed by atoms with Crippen LogP contribution in [0.3, 0.4) is 0 Å². The van der Waals surface area contributed by atoms with Crippen LogP contribution in [0, 0.1) is 6.92 Å². The lowest BCUT2D eigenvalue weighted by atomic mass is 10.2. The molecule has 0 aliphatic heterocycles. The standard InChI is InChI=1S/C34H30N4O6S/c1-25-12-20-32(21-13-25)45(41,42)38(23-26-8-4-2-5-9-26)24-31-19-18-30(44-31)22-35-37-34(40)33(39)36-27-14-16-29(17-15-27)43-28-10-6-3-7-11-28/h2-22H,23-24H2,1H3,(H,36,39)(H,37,40)/b35-22+. The number of rotatable bonds is 11. The number of para-hydroxylation sites is 1. The molecule has 0 unspecified atom stereocenters. The van der Waals surface area contributed by atoms with Crippen LogP contribution in [0.25, 0.3) is 0 Å². The van der Waals surface area contributed by atoms with E-state index in [-0.39, 0.29) is 23.7 Å². The highest BCUT2D eigenvalue weighted by Gasteiger charge is 2.26. The minimum Gasteiger partial charge on any atom is -0.459 e. The molecule has 0 bridgehead atoms. The van der Waals surface area contributed by atoms with E-state index in [4.69, 9.17) is 9.15 Å². The van der Waals surface area contributed by atoms with Gasteiger partial charge in [-0.15, -0.1) is 0 Å². The molecule has 11 heteroatoms. The highest BCUT2D eigenvalue weighted by molar-refractivity contribution is 7.89. The van der Waals surface area contributed by atoms with Crippen LogP contribution in [0.2, 0.25) is 0 Å². The molecule has 2 amide bonds. The minimum absolute atomic E-state index is 0.0388. The molecule has 10 nitrogen and oxygen atoms in total. The van der Waals surface area contributed by atoms with Gasteiger partial charge in [-0.1, -0.05) is 66.2 Å². The van der Waals surface area contributed by atoms with Crippen molar-refractivity contribution in [2.24, 2.45) is 5.10 Å². The number of nitrogens with zero attached hydrogens (tertiary/aromatic N) is 2. The first-order valence-electron chi connectivity index (χ1n) is 13.9. The average molecular weight is 623 g/mol. The first-order valence-corrected chi connectivity index (χ1v) is 15.4. The van der Waals surface area contributed by atoms with Crippen LogP contribution in [-0.2, 0) is 32.7 Å². The minimum atomic E-state index is -3.85. The quantitative estimate of drug-likeness (QED) is 0.108. The number of carbonyl (C=O) groups excluding carboxylic acids is 2. The summed E-state index contributed by atoms with van der Waals surface area (Å²) in [6, 6.07) is 34.9. The number of nitrogens with one attached hydrogen (secondary N) is 2. The largest absolute Gasteiger partial charge is 0.459 e. The zero-order chi connectivity index (χ0) is 31.6. The normalized spacial score (nSPS) is 11.4. The maximum absolute atomic E-state index is 13.6. The third-order valence-electron chi connectivity index (χ3n) is 6.53. The fourth-order valence-electron chi connectivity index (χ4n) is 4.22. The second kappa shape index (κ2) is 14.3. The number of benzene rings is 4. The molecule has 0 spiro atoms. The predicted octanol–water partition coefficient (Wildman–Crippen LogP) is 5.86. The van der Waals surface area contributed by atoms with E-state index in [1.54, 1.807) is 60.7 Å². The monoisotopic (exact) mass is 622 g/mol. The van der Waals surface area contributed by atoms with Crippen molar-refractivity contribution in [3.63, 3.8) is 0 Å². The van der Waals surface area contributed by atoms with E-state index >= 15 is 0 Å². The molecule has 1 heterocycles. The van der Waals surface area contributed by atoms with Crippen molar-refractivity contribution < 1.29 is 27.2 Å². The van der Waals surface area contributed by atoms with Gasteiger partial charge in [0.25, 0.3) is 0 Å². The van der Waals surface area contributed by atoms with Crippen molar-refractivity contribution in [1.29, 1.82) is 0 Å². The predicted molar refractivity (Wildman–Crippen MR) is 170 cm³/mol. The van der Waals surface area contributed by atoms with E-state index in [0.29, 0.717) is 22.9 Å². The fraction of sp³-hybridized carbons (Fsp3) is 0.0882.